The summed E-state index contributed by atoms with van der Waals surface area (Å²) in [5.41, 5.74) is 6.16. The summed E-state index contributed by atoms with van der Waals surface area (Å²) in [4.78, 5) is -0.0819. The Morgan fingerprint density at radius 1 is 1.39 bits per heavy atom. The van der Waals surface area contributed by atoms with Gasteiger partial charge in [0.05, 0.1) is 4.90 Å². The van der Waals surface area contributed by atoms with E-state index in [4.69, 9.17) is 5.73 Å². The lowest BCUT2D eigenvalue weighted by Crippen LogP contribution is -2.40. The van der Waals surface area contributed by atoms with E-state index in [0.29, 0.717) is 5.56 Å². The summed E-state index contributed by atoms with van der Waals surface area (Å²) in [6.45, 7) is 5.53. The average molecular weight is 274 g/mol. The Kier molecular flexibility index (Phi) is 4.84. The molecule has 0 saturated heterocycles. The lowest BCUT2D eigenvalue weighted by molar-refractivity contribution is 0.481. The van der Waals surface area contributed by atoms with E-state index in [-0.39, 0.29) is 23.4 Å². The number of nitrogens with one attached hydrogen (secondary N) is 1. The van der Waals surface area contributed by atoms with Crippen molar-refractivity contribution in [3.05, 3.63) is 29.6 Å². The van der Waals surface area contributed by atoms with Gasteiger partial charge in [-0.15, -0.1) is 0 Å². The number of benzene rings is 1. The van der Waals surface area contributed by atoms with Gasteiger partial charge >= 0.3 is 0 Å². The third-order valence-corrected chi connectivity index (χ3v) is 4.24. The van der Waals surface area contributed by atoms with Crippen LogP contribution >= 0.6 is 0 Å². The van der Waals surface area contributed by atoms with Gasteiger partial charge in [0.1, 0.15) is 5.82 Å². The summed E-state index contributed by atoms with van der Waals surface area (Å²) in [6, 6.07) is 3.56. The maximum absolute atomic E-state index is 13.3. The smallest absolute Gasteiger partial charge is 0.240 e. The zero-order valence-electron chi connectivity index (χ0n) is 10.8. The Morgan fingerprint density at radius 2 is 2.00 bits per heavy atom. The number of sulfonamides is 1. The molecule has 4 nitrogen and oxygen atoms in total. The number of aryl methyl sites for hydroxylation is 1. The highest BCUT2D eigenvalue weighted by Crippen LogP contribution is 2.14. The lowest BCUT2D eigenvalue weighted by Gasteiger charge is -2.16. The molecule has 0 spiro atoms. The van der Waals surface area contributed by atoms with Gasteiger partial charge in [-0.2, -0.15) is 0 Å². The van der Waals surface area contributed by atoms with Crippen LogP contribution in [-0.4, -0.2) is 21.0 Å². The summed E-state index contributed by atoms with van der Waals surface area (Å²) in [7, 11) is -3.70. The van der Waals surface area contributed by atoms with Gasteiger partial charge in [0.15, 0.2) is 0 Å². The van der Waals surface area contributed by atoms with Crippen molar-refractivity contribution in [2.45, 2.75) is 31.7 Å². The van der Waals surface area contributed by atoms with Gasteiger partial charge in [-0.25, -0.2) is 17.5 Å². The Hall–Kier alpha value is -0.980. The van der Waals surface area contributed by atoms with Crippen LogP contribution in [-0.2, 0) is 10.0 Å². The topological polar surface area (TPSA) is 72.2 Å². The molecule has 1 aromatic rings. The van der Waals surface area contributed by atoms with Gasteiger partial charge in [0.25, 0.3) is 0 Å². The Bertz CT molecular complexity index is 515. The zero-order chi connectivity index (χ0) is 13.9. The molecule has 0 aliphatic rings. The highest BCUT2D eigenvalue weighted by Gasteiger charge is 2.17. The lowest BCUT2D eigenvalue weighted by atomic mass is 10.1. The first kappa shape index (κ1) is 15.1. The molecule has 0 saturated carbocycles. The highest BCUT2D eigenvalue weighted by molar-refractivity contribution is 7.89. The Morgan fingerprint density at radius 3 is 2.50 bits per heavy atom. The van der Waals surface area contributed by atoms with Crippen LogP contribution < -0.4 is 10.5 Å². The first-order valence-electron chi connectivity index (χ1n) is 5.75. The maximum Gasteiger partial charge on any atom is 0.240 e. The molecule has 18 heavy (non-hydrogen) atoms. The summed E-state index contributed by atoms with van der Waals surface area (Å²) < 4.78 is 39.5. The van der Waals surface area contributed by atoms with Gasteiger partial charge in [-0.05, 0) is 30.5 Å². The van der Waals surface area contributed by atoms with Gasteiger partial charge in [-0.3, -0.25) is 0 Å². The van der Waals surface area contributed by atoms with Crippen LogP contribution in [0, 0.1) is 18.7 Å². The van der Waals surface area contributed by atoms with Crippen molar-refractivity contribution in [3.8, 4) is 0 Å². The molecule has 0 radical (unpaired) electrons. The van der Waals surface area contributed by atoms with E-state index in [0.717, 1.165) is 6.07 Å². The molecular formula is C12H19FN2O2S. The monoisotopic (exact) mass is 274 g/mol. The summed E-state index contributed by atoms with van der Waals surface area (Å²) in [6.07, 6.45) is 0. The SMILES string of the molecule is Cc1ccc(S(=O)(=O)NCC(N)C(C)C)cc1F. The third-order valence-electron chi connectivity index (χ3n) is 2.82. The van der Waals surface area contributed by atoms with Gasteiger partial charge in [0.2, 0.25) is 10.0 Å². The van der Waals surface area contributed by atoms with Gasteiger partial charge in [-0.1, -0.05) is 19.9 Å². The normalized spacial score (nSPS) is 13.9. The van der Waals surface area contributed by atoms with E-state index < -0.39 is 15.8 Å². The fourth-order valence-electron chi connectivity index (χ4n) is 1.27. The van der Waals surface area contributed by atoms with Crippen molar-refractivity contribution in [1.29, 1.82) is 0 Å². The van der Waals surface area contributed by atoms with E-state index >= 15 is 0 Å². The molecule has 3 N–H and O–H groups in total. The minimum absolute atomic E-state index is 0.0819. The first-order chi connectivity index (χ1) is 8.24. The van der Waals surface area contributed by atoms with E-state index in [1.165, 1.54) is 12.1 Å². The summed E-state index contributed by atoms with van der Waals surface area (Å²) >= 11 is 0. The maximum atomic E-state index is 13.3. The van der Waals surface area contributed by atoms with Crippen molar-refractivity contribution in [1.82, 2.24) is 4.72 Å². The standard InChI is InChI=1S/C12H19FN2O2S/c1-8(2)12(14)7-15-18(16,17)10-5-4-9(3)11(13)6-10/h4-6,8,12,15H,7,14H2,1-3H3. The van der Waals surface area contributed by atoms with Crippen molar-refractivity contribution >= 4 is 10.0 Å². The molecule has 1 rings (SSSR count). The van der Waals surface area contributed by atoms with E-state index in [1.54, 1.807) is 6.92 Å². The minimum Gasteiger partial charge on any atom is -0.326 e. The van der Waals surface area contributed by atoms with Crippen LogP contribution in [0.4, 0.5) is 4.39 Å². The Balaban J connectivity index is 2.83. The van der Waals surface area contributed by atoms with Gasteiger partial charge < -0.3 is 5.73 Å². The molecule has 6 heteroatoms. The summed E-state index contributed by atoms with van der Waals surface area (Å²) in [5, 5.41) is 0. The van der Waals surface area contributed by atoms with Crippen LogP contribution in [0.5, 0.6) is 0 Å². The second kappa shape index (κ2) is 5.77. The average Bonchev–Trinajstić information content (AvgIpc) is 2.29. The predicted octanol–water partition coefficient (Wildman–Crippen LogP) is 1.40. The molecule has 0 aliphatic heterocycles. The predicted molar refractivity (Wildman–Crippen MR) is 69.1 cm³/mol. The number of rotatable bonds is 5. The first-order valence-corrected chi connectivity index (χ1v) is 7.23. The zero-order valence-corrected chi connectivity index (χ0v) is 11.6. The molecule has 0 aromatic heterocycles. The summed E-state index contributed by atoms with van der Waals surface area (Å²) in [5.74, 6) is -0.367. The highest BCUT2D eigenvalue weighted by atomic mass is 32.2. The molecule has 0 heterocycles. The van der Waals surface area contributed by atoms with Crippen LogP contribution in [0.15, 0.2) is 23.1 Å². The molecule has 0 amide bonds. The minimum atomic E-state index is -3.70. The van der Waals surface area contributed by atoms with Crippen LogP contribution in [0.2, 0.25) is 0 Å². The van der Waals surface area contributed by atoms with Crippen molar-refractivity contribution in [2.75, 3.05) is 6.54 Å². The quantitative estimate of drug-likeness (QED) is 0.852. The van der Waals surface area contributed by atoms with Gasteiger partial charge in [0, 0.05) is 12.6 Å². The molecule has 102 valence electrons. The second-order valence-electron chi connectivity index (χ2n) is 4.67. The molecule has 0 bridgehead atoms. The second-order valence-corrected chi connectivity index (χ2v) is 6.44. The number of hydrogen-bond donors (Lipinski definition) is 2. The van der Waals surface area contributed by atoms with Crippen molar-refractivity contribution in [3.63, 3.8) is 0 Å². The van der Waals surface area contributed by atoms with E-state index in [9.17, 15) is 12.8 Å². The molecule has 0 fully saturated rings. The van der Waals surface area contributed by atoms with Crippen molar-refractivity contribution < 1.29 is 12.8 Å². The fraction of sp³-hybridized carbons (Fsp3) is 0.500. The van der Waals surface area contributed by atoms with E-state index in [2.05, 4.69) is 4.72 Å². The van der Waals surface area contributed by atoms with Crippen LogP contribution in [0.1, 0.15) is 19.4 Å². The Labute approximate surface area is 107 Å². The number of halogens is 1. The molecule has 1 aromatic carbocycles. The number of nitrogens with two attached hydrogens (primary N) is 1. The molecule has 0 aliphatic carbocycles. The van der Waals surface area contributed by atoms with Crippen LogP contribution in [0.25, 0.3) is 0 Å². The van der Waals surface area contributed by atoms with Crippen molar-refractivity contribution in [2.24, 2.45) is 11.7 Å². The third kappa shape index (κ3) is 3.76. The molecule has 1 atom stereocenters. The van der Waals surface area contributed by atoms with E-state index in [1.807, 2.05) is 13.8 Å². The molecular weight excluding hydrogens is 255 g/mol. The van der Waals surface area contributed by atoms with Crippen LogP contribution in [0.3, 0.4) is 0 Å². The fourth-order valence-corrected chi connectivity index (χ4v) is 2.35. The number of hydrogen-bond acceptors (Lipinski definition) is 3. The molecule has 1 unspecified atom stereocenters. The largest absolute Gasteiger partial charge is 0.326 e.